The molecule has 2 amide bonds. The molecule has 2 aromatic rings. The van der Waals surface area contributed by atoms with Crippen LogP contribution >= 0.6 is 35.2 Å². The van der Waals surface area contributed by atoms with Gasteiger partial charge in [0.05, 0.1) is 25.6 Å². The summed E-state index contributed by atoms with van der Waals surface area (Å²) in [5, 5.41) is 36.7. The second-order valence-electron chi connectivity index (χ2n) is 14.3. The van der Waals surface area contributed by atoms with E-state index in [0.29, 0.717) is 12.3 Å². The molecule has 2 aromatic heterocycles. The second-order valence-corrected chi connectivity index (χ2v) is 19.8. The molecule has 3 unspecified atom stereocenters. The van der Waals surface area contributed by atoms with Crippen LogP contribution in [0, 0.1) is 5.41 Å². The van der Waals surface area contributed by atoms with Crippen molar-refractivity contribution in [1.82, 2.24) is 30.2 Å². The summed E-state index contributed by atoms with van der Waals surface area (Å²) in [5.41, 5.74) is 4.30. The average Bonchev–Trinajstić information content (AvgIpc) is 3.71. The number of carbonyl (C=O) groups excluding carboxylic acids is 2. The molecule has 1 aliphatic heterocycles. The molecule has 11 N–H and O–H groups in total. The number of aliphatic hydroxyl groups is 3. The van der Waals surface area contributed by atoms with Crippen molar-refractivity contribution in [3.05, 3.63) is 12.7 Å². The Morgan fingerprint density at radius 1 is 0.983 bits per heavy atom. The van der Waals surface area contributed by atoms with Crippen LogP contribution in [0.25, 0.3) is 11.2 Å². The minimum Gasteiger partial charge on any atom is -0.393 e. The highest BCUT2D eigenvalue weighted by atomic mass is 32.2. The Balaban J connectivity index is 1.41. The first-order valence-electron chi connectivity index (χ1n) is 18.7. The minimum absolute atomic E-state index is 0.0364. The Bertz CT molecular complexity index is 1810. The molecule has 0 aliphatic carbocycles. The smallest absolute Gasteiger partial charge is 0.393 e. The fourth-order valence-corrected chi connectivity index (χ4v) is 9.33. The lowest BCUT2D eigenvalue weighted by molar-refractivity contribution is -0.137. The normalized spacial score (nSPS) is 21.8. The van der Waals surface area contributed by atoms with E-state index in [0.717, 1.165) is 61.5 Å². The number of fused-ring (bicyclic) bond motifs is 1. The van der Waals surface area contributed by atoms with E-state index in [4.69, 9.17) is 19.5 Å². The van der Waals surface area contributed by atoms with E-state index in [-0.39, 0.29) is 42.0 Å². The van der Waals surface area contributed by atoms with Gasteiger partial charge in [-0.1, -0.05) is 46.5 Å². The Morgan fingerprint density at radius 3 is 2.37 bits per heavy atom. The largest absolute Gasteiger partial charge is 0.481 e. The Hall–Kier alpha value is -2.15. The predicted octanol–water partition coefficient (Wildman–Crippen LogP) is 1.25. The molecule has 0 saturated carbocycles. The third-order valence-electron chi connectivity index (χ3n) is 8.86. The van der Waals surface area contributed by atoms with Crippen molar-refractivity contribution in [3.63, 3.8) is 0 Å². The molecule has 1 aliphatic rings. The number of nitrogens with two attached hydrogens (primary N) is 1. The molecule has 338 valence electrons. The van der Waals surface area contributed by atoms with Crippen molar-refractivity contribution in [3.8, 4) is 0 Å². The van der Waals surface area contributed by atoms with Crippen LogP contribution in [0.2, 0.25) is 0 Å². The number of aromatic nitrogens is 4. The standard InChI is InChI=1S/C31H56N7O17P3S/c1-4-5-6-7-9-20(39)10-8-14-59-15-13-33-22(40)11-12-34-29(43)26(42)31(2,3)17-52-58(49,50)55-57(47,48)51-16-21-25(54-56(44,45)46)24(41)30(53-21)38-19-37-23-27(32)35-18-36-28(23)38/h18-21,24-26,30,39,41-42H,4-17H2,1-3H3,(H,33,40)(H,34,43)(H,47,48)(H,49,50)(H2,32,35,36)(H2,44,45,46)/t20?,21-,24-,25-,26+,30-/m1/s1. The summed E-state index contributed by atoms with van der Waals surface area (Å²) in [4.78, 5) is 75.8. The lowest BCUT2D eigenvalue weighted by Crippen LogP contribution is -2.46. The quantitative estimate of drug-likeness (QED) is 0.0424. The first-order valence-corrected chi connectivity index (χ1v) is 24.4. The summed E-state index contributed by atoms with van der Waals surface area (Å²) in [6, 6.07) is 0. The van der Waals surface area contributed by atoms with E-state index in [9.17, 15) is 58.2 Å². The highest BCUT2D eigenvalue weighted by Crippen LogP contribution is 2.61. The number of phosphoric acid groups is 3. The molecule has 8 atom stereocenters. The van der Waals surface area contributed by atoms with E-state index in [1.165, 1.54) is 20.3 Å². The summed E-state index contributed by atoms with van der Waals surface area (Å²) in [5.74, 6) is 0.197. The molecular formula is C31H56N7O17P3S. The maximum absolute atomic E-state index is 12.7. The highest BCUT2D eigenvalue weighted by Gasteiger charge is 2.50. The Morgan fingerprint density at radius 2 is 1.68 bits per heavy atom. The van der Waals surface area contributed by atoms with Crippen LogP contribution in [-0.4, -0.2) is 135 Å². The van der Waals surface area contributed by atoms with Crippen molar-refractivity contribution in [2.24, 2.45) is 5.41 Å². The molecular weight excluding hydrogens is 867 g/mol. The number of nitrogen functional groups attached to an aromatic ring is 1. The van der Waals surface area contributed by atoms with Crippen LogP contribution in [0.4, 0.5) is 5.82 Å². The number of hydrogen-bond donors (Lipinski definition) is 10. The fourth-order valence-electron chi connectivity index (χ4n) is 5.68. The van der Waals surface area contributed by atoms with Crippen molar-refractivity contribution in [2.75, 3.05) is 43.5 Å². The number of phosphoric ester groups is 3. The number of aliphatic hydroxyl groups excluding tert-OH is 3. The number of nitrogens with one attached hydrogen (secondary N) is 2. The van der Waals surface area contributed by atoms with Crippen LogP contribution in [0.1, 0.15) is 78.4 Å². The number of rotatable bonds is 28. The summed E-state index contributed by atoms with van der Waals surface area (Å²) in [7, 11) is -16.4. The van der Waals surface area contributed by atoms with Gasteiger partial charge in [0.1, 0.15) is 36.3 Å². The van der Waals surface area contributed by atoms with Gasteiger partial charge in [-0.05, 0) is 25.0 Å². The molecule has 0 radical (unpaired) electrons. The van der Waals surface area contributed by atoms with Gasteiger partial charge in [0.25, 0.3) is 0 Å². The molecule has 59 heavy (non-hydrogen) atoms. The van der Waals surface area contributed by atoms with Gasteiger partial charge in [-0.3, -0.25) is 27.7 Å². The number of ether oxygens (including phenoxy) is 1. The average molecular weight is 924 g/mol. The zero-order valence-electron chi connectivity index (χ0n) is 32.8. The van der Waals surface area contributed by atoms with Gasteiger partial charge < -0.3 is 56.0 Å². The Labute approximate surface area is 344 Å². The van der Waals surface area contributed by atoms with E-state index < -0.39 is 78.6 Å². The SMILES string of the molecule is CCCCCCC(O)CCCSCCNC(=O)CCNC(=O)[C@H](O)C(C)(C)COP(=O)(O)OP(=O)(O)OC[C@H]1O[C@@H](n2cnc3c(N)ncnc32)[C@H](O)[C@@H]1OP(=O)(O)O. The molecule has 0 bridgehead atoms. The van der Waals surface area contributed by atoms with Gasteiger partial charge in [-0.15, -0.1) is 0 Å². The lowest BCUT2D eigenvalue weighted by atomic mass is 9.87. The van der Waals surface area contributed by atoms with Crippen molar-refractivity contribution in [2.45, 2.75) is 109 Å². The number of nitrogens with zero attached hydrogens (tertiary/aromatic N) is 4. The molecule has 24 nitrogen and oxygen atoms in total. The maximum Gasteiger partial charge on any atom is 0.481 e. The summed E-state index contributed by atoms with van der Waals surface area (Å²) >= 11 is 1.65. The van der Waals surface area contributed by atoms with Crippen LogP contribution < -0.4 is 16.4 Å². The van der Waals surface area contributed by atoms with E-state index in [2.05, 4.69) is 41.3 Å². The lowest BCUT2D eigenvalue weighted by Gasteiger charge is -2.30. The first kappa shape index (κ1) is 51.2. The van der Waals surface area contributed by atoms with Gasteiger partial charge >= 0.3 is 23.5 Å². The van der Waals surface area contributed by atoms with Gasteiger partial charge in [0.2, 0.25) is 11.8 Å². The molecule has 3 heterocycles. The van der Waals surface area contributed by atoms with Gasteiger partial charge in [0.15, 0.2) is 17.7 Å². The number of amides is 2. The first-order chi connectivity index (χ1) is 27.6. The monoisotopic (exact) mass is 923 g/mol. The zero-order valence-corrected chi connectivity index (χ0v) is 36.3. The topological polar surface area (TPSA) is 367 Å². The second kappa shape index (κ2) is 23.3. The molecule has 1 saturated heterocycles. The third kappa shape index (κ3) is 17.3. The van der Waals surface area contributed by atoms with Gasteiger partial charge in [0, 0.05) is 30.7 Å². The van der Waals surface area contributed by atoms with E-state index in [1.807, 2.05) is 0 Å². The van der Waals surface area contributed by atoms with Crippen LogP contribution in [-0.2, 0) is 45.9 Å². The third-order valence-corrected chi connectivity index (χ3v) is 13.0. The molecule has 28 heteroatoms. The molecule has 1 fully saturated rings. The maximum atomic E-state index is 12.7. The minimum atomic E-state index is -5.56. The molecule has 0 spiro atoms. The van der Waals surface area contributed by atoms with Crippen LogP contribution in [0.5, 0.6) is 0 Å². The number of thioether (sulfide) groups is 1. The highest BCUT2D eigenvalue weighted by molar-refractivity contribution is 7.99. The molecule has 0 aromatic carbocycles. The summed E-state index contributed by atoms with van der Waals surface area (Å²) in [6.07, 6.45) is -0.157. The summed E-state index contributed by atoms with van der Waals surface area (Å²) < 4.78 is 62.3. The van der Waals surface area contributed by atoms with Crippen LogP contribution in [0.15, 0.2) is 12.7 Å². The number of imidazole rings is 1. The van der Waals surface area contributed by atoms with E-state index in [1.54, 1.807) is 11.8 Å². The van der Waals surface area contributed by atoms with Gasteiger partial charge in [-0.25, -0.2) is 28.6 Å². The summed E-state index contributed by atoms with van der Waals surface area (Å²) in [6.45, 7) is 2.96. The van der Waals surface area contributed by atoms with Gasteiger partial charge in [-0.2, -0.15) is 16.1 Å². The number of hydrogen-bond acceptors (Lipinski definition) is 18. The number of unbranched alkanes of at least 4 members (excludes halogenated alkanes) is 3. The van der Waals surface area contributed by atoms with Crippen molar-refractivity contribution in [1.29, 1.82) is 0 Å². The number of anilines is 1. The molecule has 3 rings (SSSR count). The number of carbonyl (C=O) groups is 2. The Kier molecular flexibility index (Phi) is 20.3. The fraction of sp³-hybridized carbons (Fsp3) is 0.774. The predicted molar refractivity (Wildman–Crippen MR) is 211 cm³/mol. The van der Waals surface area contributed by atoms with Crippen molar-refractivity contribution < 1.29 is 80.8 Å². The van der Waals surface area contributed by atoms with Crippen molar-refractivity contribution >= 4 is 64.0 Å². The zero-order chi connectivity index (χ0) is 44.0. The van der Waals surface area contributed by atoms with E-state index >= 15 is 0 Å². The van der Waals surface area contributed by atoms with Crippen LogP contribution in [0.3, 0.4) is 0 Å².